The van der Waals surface area contributed by atoms with Crippen molar-refractivity contribution in [3.63, 3.8) is 0 Å². The molecule has 1 aliphatic heterocycles. The van der Waals surface area contributed by atoms with Crippen molar-refractivity contribution >= 4 is 18.0 Å². The maximum absolute atomic E-state index is 12.1. The first-order valence-corrected chi connectivity index (χ1v) is 9.41. The van der Waals surface area contributed by atoms with Crippen LogP contribution in [0.25, 0.3) is 28.9 Å². The van der Waals surface area contributed by atoms with Gasteiger partial charge in [0.05, 0.1) is 0 Å². The van der Waals surface area contributed by atoms with Gasteiger partial charge in [0.1, 0.15) is 5.54 Å². The highest BCUT2D eigenvalue weighted by Gasteiger charge is 2.43. The Morgan fingerprint density at radius 3 is 2.62 bits per heavy atom. The molecule has 2 aliphatic rings. The van der Waals surface area contributed by atoms with E-state index in [4.69, 9.17) is 4.52 Å². The molecule has 0 radical (unpaired) electrons. The number of rotatable bonds is 3. The number of benzene rings is 2. The fourth-order valence-electron chi connectivity index (χ4n) is 3.72. The number of hydrogen-bond acceptors (Lipinski definition) is 5. The Labute approximate surface area is 166 Å². The standard InChI is InChI=1S/C22H18N4O3/c1-22(20(27)24-21(28)25-22)17-10-8-14(9-11-17)18-23-19(29-26-18)16-7-6-13-4-2-3-5-15(13)12-16/h2,4,6-12H,3,5H2,1H3,(H2,24,25,27,28). The molecule has 7 nitrogen and oxygen atoms in total. The van der Waals surface area contributed by atoms with Crippen LogP contribution >= 0.6 is 0 Å². The maximum atomic E-state index is 12.1. The number of amides is 3. The molecule has 3 aromatic rings. The number of nitrogens with one attached hydrogen (secondary N) is 2. The van der Waals surface area contributed by atoms with E-state index in [0.29, 0.717) is 17.3 Å². The van der Waals surface area contributed by atoms with Gasteiger partial charge in [0.2, 0.25) is 5.82 Å². The van der Waals surface area contributed by atoms with Crippen molar-refractivity contribution in [2.75, 3.05) is 0 Å². The van der Waals surface area contributed by atoms with Gasteiger partial charge in [0.25, 0.3) is 11.8 Å². The van der Waals surface area contributed by atoms with Crippen molar-refractivity contribution in [3.05, 3.63) is 65.2 Å². The van der Waals surface area contributed by atoms with Gasteiger partial charge in [0, 0.05) is 11.1 Å². The molecule has 3 amide bonds. The van der Waals surface area contributed by atoms with Gasteiger partial charge in [-0.25, -0.2) is 4.79 Å². The Morgan fingerprint density at radius 2 is 1.86 bits per heavy atom. The largest absolute Gasteiger partial charge is 0.334 e. The summed E-state index contributed by atoms with van der Waals surface area (Å²) in [5.74, 6) is 0.560. The lowest BCUT2D eigenvalue weighted by Gasteiger charge is -2.20. The highest BCUT2D eigenvalue weighted by atomic mass is 16.5. The zero-order chi connectivity index (χ0) is 20.0. The van der Waals surface area contributed by atoms with E-state index in [0.717, 1.165) is 24.0 Å². The van der Waals surface area contributed by atoms with Crippen molar-refractivity contribution < 1.29 is 14.1 Å². The molecule has 1 unspecified atom stereocenters. The number of hydrogen-bond donors (Lipinski definition) is 2. The zero-order valence-corrected chi connectivity index (χ0v) is 15.7. The smallest absolute Gasteiger partial charge is 0.322 e. The fraction of sp³-hybridized carbons (Fsp3) is 0.182. The minimum absolute atomic E-state index is 0.376. The molecule has 1 saturated heterocycles. The summed E-state index contributed by atoms with van der Waals surface area (Å²) in [5, 5.41) is 9.01. The molecular weight excluding hydrogens is 368 g/mol. The van der Waals surface area contributed by atoms with E-state index in [1.807, 2.05) is 18.2 Å². The molecule has 29 heavy (non-hydrogen) atoms. The number of aryl methyl sites for hydroxylation is 1. The normalized spacial score (nSPS) is 20.3. The molecular formula is C22H18N4O3. The molecule has 1 aliphatic carbocycles. The second kappa shape index (κ2) is 6.41. The Hall–Kier alpha value is -3.74. The summed E-state index contributed by atoms with van der Waals surface area (Å²) in [6.45, 7) is 1.67. The summed E-state index contributed by atoms with van der Waals surface area (Å²) in [5.41, 5.74) is 3.75. The van der Waals surface area contributed by atoms with E-state index in [2.05, 4.69) is 45.1 Å². The van der Waals surface area contributed by atoms with Crippen LogP contribution in [0.4, 0.5) is 4.79 Å². The van der Waals surface area contributed by atoms with Crippen LogP contribution in [0.3, 0.4) is 0 Å². The summed E-state index contributed by atoms with van der Waals surface area (Å²) in [7, 11) is 0. The van der Waals surface area contributed by atoms with E-state index in [-0.39, 0.29) is 5.91 Å². The third-order valence-electron chi connectivity index (χ3n) is 5.46. The first kappa shape index (κ1) is 17.4. The zero-order valence-electron chi connectivity index (χ0n) is 15.7. The maximum Gasteiger partial charge on any atom is 0.322 e. The van der Waals surface area contributed by atoms with E-state index in [1.54, 1.807) is 19.1 Å². The van der Waals surface area contributed by atoms with Gasteiger partial charge >= 0.3 is 6.03 Å². The highest BCUT2D eigenvalue weighted by Crippen LogP contribution is 2.29. The van der Waals surface area contributed by atoms with Crippen molar-refractivity contribution in [2.24, 2.45) is 0 Å². The highest BCUT2D eigenvalue weighted by molar-refractivity contribution is 6.07. The van der Waals surface area contributed by atoms with Crippen LogP contribution in [0.15, 0.2) is 53.1 Å². The molecule has 144 valence electrons. The molecule has 0 saturated carbocycles. The number of imide groups is 1. The SMILES string of the molecule is CC1(c2ccc(-c3noc(-c4ccc5c(c4)CCC=C5)n3)cc2)NC(=O)NC1=O. The van der Waals surface area contributed by atoms with Gasteiger partial charge in [0.15, 0.2) is 0 Å². The predicted octanol–water partition coefficient (Wildman–Crippen LogP) is 3.42. The van der Waals surface area contributed by atoms with Gasteiger partial charge in [-0.2, -0.15) is 4.98 Å². The van der Waals surface area contributed by atoms with Crippen LogP contribution in [0.5, 0.6) is 0 Å². The Balaban J connectivity index is 1.42. The van der Waals surface area contributed by atoms with E-state index in [9.17, 15) is 9.59 Å². The Kier molecular flexibility index (Phi) is 3.84. The van der Waals surface area contributed by atoms with Crippen molar-refractivity contribution in [3.8, 4) is 22.8 Å². The molecule has 0 spiro atoms. The van der Waals surface area contributed by atoms with Crippen LogP contribution in [-0.2, 0) is 16.8 Å². The number of nitrogens with zero attached hydrogens (tertiary/aromatic N) is 2. The molecule has 1 aromatic heterocycles. The number of aromatic nitrogens is 2. The van der Waals surface area contributed by atoms with Crippen molar-refractivity contribution in [1.82, 2.24) is 20.8 Å². The topological polar surface area (TPSA) is 97.1 Å². The molecule has 1 fully saturated rings. The molecule has 2 heterocycles. The average molecular weight is 386 g/mol. The predicted molar refractivity (Wildman–Crippen MR) is 107 cm³/mol. The first-order chi connectivity index (χ1) is 14.0. The lowest BCUT2D eigenvalue weighted by Crippen LogP contribution is -2.40. The van der Waals surface area contributed by atoms with Gasteiger partial charge in [-0.05, 0) is 48.6 Å². The minimum atomic E-state index is -1.09. The second-order valence-corrected chi connectivity index (χ2v) is 7.39. The van der Waals surface area contributed by atoms with E-state index >= 15 is 0 Å². The number of fused-ring (bicyclic) bond motifs is 1. The van der Waals surface area contributed by atoms with Gasteiger partial charge in [-0.15, -0.1) is 0 Å². The average Bonchev–Trinajstić information content (AvgIpc) is 3.33. The molecule has 5 rings (SSSR count). The van der Waals surface area contributed by atoms with E-state index in [1.165, 1.54) is 11.1 Å². The summed E-state index contributed by atoms with van der Waals surface area (Å²) in [6, 6.07) is 12.8. The lowest BCUT2D eigenvalue weighted by atomic mass is 9.91. The van der Waals surface area contributed by atoms with Gasteiger partial charge in [-0.1, -0.05) is 47.6 Å². The molecule has 7 heteroatoms. The number of urea groups is 1. The summed E-state index contributed by atoms with van der Waals surface area (Å²) < 4.78 is 5.48. The monoisotopic (exact) mass is 386 g/mol. The summed E-state index contributed by atoms with van der Waals surface area (Å²) in [4.78, 5) is 28.1. The molecule has 0 bridgehead atoms. The Morgan fingerprint density at radius 1 is 1.07 bits per heavy atom. The lowest BCUT2D eigenvalue weighted by molar-refractivity contribution is -0.123. The molecule has 1 atom stereocenters. The third kappa shape index (κ3) is 2.91. The second-order valence-electron chi connectivity index (χ2n) is 7.39. The van der Waals surface area contributed by atoms with E-state index < -0.39 is 11.6 Å². The quantitative estimate of drug-likeness (QED) is 0.672. The van der Waals surface area contributed by atoms with Crippen molar-refractivity contribution in [1.29, 1.82) is 0 Å². The summed E-state index contributed by atoms with van der Waals surface area (Å²) >= 11 is 0. The van der Waals surface area contributed by atoms with Crippen molar-refractivity contribution in [2.45, 2.75) is 25.3 Å². The fourth-order valence-corrected chi connectivity index (χ4v) is 3.72. The van der Waals surface area contributed by atoms with Crippen LogP contribution < -0.4 is 10.6 Å². The van der Waals surface area contributed by atoms with Crippen LogP contribution in [0, 0.1) is 0 Å². The van der Waals surface area contributed by atoms with Crippen LogP contribution in [0.2, 0.25) is 0 Å². The first-order valence-electron chi connectivity index (χ1n) is 9.41. The Bertz CT molecular complexity index is 1160. The molecule has 2 aromatic carbocycles. The van der Waals surface area contributed by atoms with Gasteiger partial charge < -0.3 is 9.84 Å². The number of carbonyl (C=O) groups is 2. The van der Waals surface area contributed by atoms with Crippen LogP contribution in [0.1, 0.15) is 30.0 Å². The number of allylic oxidation sites excluding steroid dienone is 1. The van der Waals surface area contributed by atoms with Gasteiger partial charge in [-0.3, -0.25) is 10.1 Å². The number of carbonyl (C=O) groups excluding carboxylic acids is 2. The van der Waals surface area contributed by atoms with Crippen LogP contribution in [-0.4, -0.2) is 22.1 Å². The molecule has 2 N–H and O–H groups in total. The third-order valence-corrected chi connectivity index (χ3v) is 5.46. The summed E-state index contributed by atoms with van der Waals surface area (Å²) in [6.07, 6.45) is 6.36. The minimum Gasteiger partial charge on any atom is -0.334 e.